The predicted molar refractivity (Wildman–Crippen MR) is 82.5 cm³/mol. The summed E-state index contributed by atoms with van der Waals surface area (Å²) in [6.07, 6.45) is 0.257. The minimum Gasteiger partial charge on any atom is -0.477 e. The number of carbonyl (C=O) groups excluding carboxylic acids is 1. The van der Waals surface area contributed by atoms with Crippen LogP contribution in [0.5, 0.6) is 0 Å². The van der Waals surface area contributed by atoms with Gasteiger partial charge in [-0.1, -0.05) is 28.1 Å². The van der Waals surface area contributed by atoms with Crippen molar-refractivity contribution in [1.29, 1.82) is 0 Å². The van der Waals surface area contributed by atoms with Crippen LogP contribution in [0.2, 0.25) is 0 Å². The number of carbonyl (C=O) groups is 2. The van der Waals surface area contributed by atoms with Gasteiger partial charge in [0.15, 0.2) is 0 Å². The lowest BCUT2D eigenvalue weighted by molar-refractivity contribution is -0.115. The zero-order chi connectivity index (χ0) is 14.7. The second-order valence-electron chi connectivity index (χ2n) is 4.28. The highest BCUT2D eigenvalue weighted by molar-refractivity contribution is 9.10. The number of aryl methyl sites for hydroxylation is 1. The van der Waals surface area contributed by atoms with Crippen molar-refractivity contribution >= 4 is 44.1 Å². The number of hydrogen-bond donors (Lipinski definition) is 2. The fraction of sp³-hybridized carbons (Fsp3) is 0.143. The van der Waals surface area contributed by atoms with E-state index < -0.39 is 5.97 Å². The molecule has 2 rings (SSSR count). The number of carboxylic acids is 1. The van der Waals surface area contributed by atoms with Gasteiger partial charge < -0.3 is 10.4 Å². The Kier molecular flexibility index (Phi) is 4.57. The SMILES string of the molecule is Cc1cc(NC(=O)Cc2ccc(Br)cc2)sc1C(=O)O. The Balaban J connectivity index is 2.03. The number of carboxylic acid groups (broad SMARTS) is 1. The van der Waals surface area contributed by atoms with E-state index in [1.54, 1.807) is 13.0 Å². The highest BCUT2D eigenvalue weighted by atomic mass is 79.9. The molecule has 0 spiro atoms. The van der Waals surface area contributed by atoms with Gasteiger partial charge in [0.1, 0.15) is 4.88 Å². The number of aromatic carboxylic acids is 1. The van der Waals surface area contributed by atoms with Crippen molar-refractivity contribution in [1.82, 2.24) is 0 Å². The third-order valence-electron chi connectivity index (χ3n) is 2.65. The van der Waals surface area contributed by atoms with E-state index in [0.717, 1.165) is 21.4 Å². The van der Waals surface area contributed by atoms with Gasteiger partial charge in [-0.25, -0.2) is 4.79 Å². The number of thiophene rings is 1. The first-order chi connectivity index (χ1) is 9.45. The Labute approximate surface area is 128 Å². The van der Waals surface area contributed by atoms with Crippen molar-refractivity contribution in [3.8, 4) is 0 Å². The zero-order valence-electron chi connectivity index (χ0n) is 10.6. The van der Waals surface area contributed by atoms with Gasteiger partial charge in [0.25, 0.3) is 0 Å². The Hall–Kier alpha value is -1.66. The van der Waals surface area contributed by atoms with Crippen LogP contribution in [0.4, 0.5) is 5.00 Å². The fourth-order valence-electron chi connectivity index (χ4n) is 1.73. The Morgan fingerprint density at radius 1 is 1.30 bits per heavy atom. The summed E-state index contributed by atoms with van der Waals surface area (Å²) in [5.41, 5.74) is 1.55. The lowest BCUT2D eigenvalue weighted by Gasteiger charge is -2.02. The first kappa shape index (κ1) is 14.7. The maximum atomic E-state index is 11.9. The maximum Gasteiger partial charge on any atom is 0.346 e. The largest absolute Gasteiger partial charge is 0.477 e. The second-order valence-corrected chi connectivity index (χ2v) is 6.25. The van der Waals surface area contributed by atoms with E-state index in [1.807, 2.05) is 24.3 Å². The van der Waals surface area contributed by atoms with Crippen LogP contribution in [0.15, 0.2) is 34.8 Å². The van der Waals surface area contributed by atoms with Gasteiger partial charge in [0.2, 0.25) is 5.91 Å². The van der Waals surface area contributed by atoms with E-state index in [9.17, 15) is 9.59 Å². The summed E-state index contributed by atoms with van der Waals surface area (Å²) < 4.78 is 0.960. The van der Waals surface area contributed by atoms with Gasteiger partial charge >= 0.3 is 5.97 Å². The van der Waals surface area contributed by atoms with Crippen LogP contribution in [-0.4, -0.2) is 17.0 Å². The average Bonchev–Trinajstić information content (AvgIpc) is 2.73. The fourth-order valence-corrected chi connectivity index (χ4v) is 2.92. The van der Waals surface area contributed by atoms with Crippen molar-refractivity contribution in [2.24, 2.45) is 0 Å². The molecule has 2 aromatic rings. The van der Waals surface area contributed by atoms with Crippen molar-refractivity contribution in [3.63, 3.8) is 0 Å². The molecular weight excluding hydrogens is 342 g/mol. The standard InChI is InChI=1S/C14H12BrNO3S/c1-8-6-12(20-13(8)14(18)19)16-11(17)7-9-2-4-10(15)5-3-9/h2-6H,7H2,1H3,(H,16,17)(H,18,19). The topological polar surface area (TPSA) is 66.4 Å². The van der Waals surface area contributed by atoms with Gasteiger partial charge in [0, 0.05) is 4.47 Å². The number of amides is 1. The molecule has 0 saturated heterocycles. The highest BCUT2D eigenvalue weighted by Gasteiger charge is 2.13. The molecule has 1 heterocycles. The average molecular weight is 354 g/mol. The predicted octanol–water partition coefficient (Wildman–Crippen LogP) is 3.70. The maximum absolute atomic E-state index is 11.9. The van der Waals surface area contributed by atoms with E-state index in [0.29, 0.717) is 10.6 Å². The van der Waals surface area contributed by atoms with Gasteiger partial charge in [-0.15, -0.1) is 11.3 Å². The van der Waals surface area contributed by atoms with E-state index in [2.05, 4.69) is 21.2 Å². The van der Waals surface area contributed by atoms with E-state index in [1.165, 1.54) is 0 Å². The molecule has 0 aliphatic carbocycles. The lowest BCUT2D eigenvalue weighted by Crippen LogP contribution is -2.13. The Morgan fingerprint density at radius 2 is 1.95 bits per heavy atom. The molecule has 0 atom stereocenters. The van der Waals surface area contributed by atoms with Crippen LogP contribution >= 0.6 is 27.3 Å². The van der Waals surface area contributed by atoms with Gasteiger partial charge in [-0.05, 0) is 36.2 Å². The number of hydrogen-bond acceptors (Lipinski definition) is 3. The molecule has 2 N–H and O–H groups in total. The number of halogens is 1. The molecule has 0 radical (unpaired) electrons. The van der Waals surface area contributed by atoms with Crippen molar-refractivity contribution in [2.45, 2.75) is 13.3 Å². The van der Waals surface area contributed by atoms with Crippen LogP contribution in [0, 0.1) is 6.92 Å². The van der Waals surface area contributed by atoms with Crippen molar-refractivity contribution in [2.75, 3.05) is 5.32 Å². The first-order valence-corrected chi connectivity index (χ1v) is 7.44. The Morgan fingerprint density at radius 3 is 2.50 bits per heavy atom. The lowest BCUT2D eigenvalue weighted by atomic mass is 10.1. The molecule has 0 aliphatic heterocycles. The van der Waals surface area contributed by atoms with E-state index in [-0.39, 0.29) is 17.2 Å². The van der Waals surface area contributed by atoms with Gasteiger partial charge in [-0.3, -0.25) is 4.79 Å². The molecule has 1 aromatic carbocycles. The van der Waals surface area contributed by atoms with Crippen molar-refractivity contribution in [3.05, 3.63) is 50.8 Å². The highest BCUT2D eigenvalue weighted by Crippen LogP contribution is 2.26. The van der Waals surface area contributed by atoms with Crippen molar-refractivity contribution < 1.29 is 14.7 Å². The first-order valence-electron chi connectivity index (χ1n) is 5.83. The summed E-state index contributed by atoms with van der Waals surface area (Å²) in [6, 6.07) is 9.16. The molecular formula is C14H12BrNO3S. The van der Waals surface area contributed by atoms with E-state index >= 15 is 0 Å². The summed E-state index contributed by atoms with van der Waals surface area (Å²) in [6.45, 7) is 1.71. The van der Waals surface area contributed by atoms with Crippen LogP contribution in [-0.2, 0) is 11.2 Å². The van der Waals surface area contributed by atoms with Gasteiger partial charge in [0.05, 0.1) is 11.4 Å². The molecule has 0 unspecified atom stereocenters. The molecule has 0 fully saturated rings. The molecule has 1 aromatic heterocycles. The number of nitrogens with one attached hydrogen (secondary N) is 1. The van der Waals surface area contributed by atoms with E-state index in [4.69, 9.17) is 5.11 Å². The van der Waals surface area contributed by atoms with Crippen LogP contribution in [0.1, 0.15) is 20.8 Å². The van der Waals surface area contributed by atoms with Crippen LogP contribution < -0.4 is 5.32 Å². The molecule has 0 bridgehead atoms. The zero-order valence-corrected chi connectivity index (χ0v) is 13.0. The summed E-state index contributed by atoms with van der Waals surface area (Å²) >= 11 is 4.41. The van der Waals surface area contributed by atoms with Gasteiger partial charge in [-0.2, -0.15) is 0 Å². The molecule has 4 nitrogen and oxygen atoms in total. The number of benzene rings is 1. The summed E-state index contributed by atoms with van der Waals surface area (Å²) in [5.74, 6) is -1.13. The normalized spacial score (nSPS) is 10.3. The Bertz CT molecular complexity index is 649. The smallest absolute Gasteiger partial charge is 0.346 e. The molecule has 1 amide bonds. The summed E-state index contributed by atoms with van der Waals surface area (Å²) in [5, 5.41) is 12.3. The summed E-state index contributed by atoms with van der Waals surface area (Å²) in [4.78, 5) is 23.1. The second kappa shape index (κ2) is 6.19. The minimum atomic E-state index is -0.971. The minimum absolute atomic E-state index is 0.162. The quantitative estimate of drug-likeness (QED) is 0.880. The molecule has 0 aliphatic rings. The molecule has 0 saturated carbocycles. The summed E-state index contributed by atoms with van der Waals surface area (Å²) in [7, 11) is 0. The third-order valence-corrected chi connectivity index (χ3v) is 4.32. The number of rotatable bonds is 4. The third kappa shape index (κ3) is 3.68. The van der Waals surface area contributed by atoms with Crippen LogP contribution in [0.3, 0.4) is 0 Å². The number of anilines is 1. The monoisotopic (exact) mass is 353 g/mol. The van der Waals surface area contributed by atoms with Crippen LogP contribution in [0.25, 0.3) is 0 Å². The molecule has 6 heteroatoms. The molecule has 20 heavy (non-hydrogen) atoms. The molecule has 104 valence electrons.